The smallest absolute Gasteiger partial charge is 0.287 e. The van der Waals surface area contributed by atoms with Gasteiger partial charge in [-0.1, -0.05) is 30.3 Å². The molecular formula is C26H23ClNO4+. The van der Waals surface area contributed by atoms with E-state index in [1.165, 1.54) is 0 Å². The Kier molecular flexibility index (Phi) is 5.06. The van der Waals surface area contributed by atoms with E-state index < -0.39 is 0 Å². The fourth-order valence-electron chi connectivity index (χ4n) is 4.68. The molecule has 0 fully saturated rings. The SMILES string of the molecule is COc1ccc2c(Cc3ccccc3)c3[n+](c(Cl)c2c1OC)CCc1cc(O)c(O)cc1-3. The van der Waals surface area contributed by atoms with Crippen LogP contribution in [0.25, 0.3) is 22.0 Å². The monoisotopic (exact) mass is 448 g/mol. The fourth-order valence-corrected chi connectivity index (χ4v) is 5.04. The number of aromatic nitrogens is 1. The molecule has 3 aromatic carbocycles. The van der Waals surface area contributed by atoms with Gasteiger partial charge >= 0.3 is 0 Å². The zero-order valence-corrected chi connectivity index (χ0v) is 18.6. The van der Waals surface area contributed by atoms with Crippen molar-refractivity contribution < 1.29 is 24.3 Å². The summed E-state index contributed by atoms with van der Waals surface area (Å²) in [4.78, 5) is 0. The van der Waals surface area contributed by atoms with Crippen molar-refractivity contribution in [1.82, 2.24) is 0 Å². The third-order valence-corrected chi connectivity index (χ3v) is 6.55. The van der Waals surface area contributed by atoms with E-state index in [9.17, 15) is 10.2 Å². The lowest BCUT2D eigenvalue weighted by Gasteiger charge is -2.22. The highest BCUT2D eigenvalue weighted by Crippen LogP contribution is 2.45. The number of hydrogen-bond donors (Lipinski definition) is 2. The highest BCUT2D eigenvalue weighted by molar-refractivity contribution is 6.34. The van der Waals surface area contributed by atoms with Crippen molar-refractivity contribution in [2.45, 2.75) is 19.4 Å². The Morgan fingerprint density at radius 1 is 0.969 bits per heavy atom. The standard InChI is InChI=1S/C26H22ClNO4/c1-31-22-9-8-17-19(12-15-6-4-3-5-7-15)24-18-14-21(30)20(29)13-16(18)10-11-28(24)26(27)23(17)25(22)32-2/h3-9,13-14,30H,10-12H2,1-2H3/p+1. The van der Waals surface area contributed by atoms with Crippen LogP contribution in [0, 0.1) is 0 Å². The van der Waals surface area contributed by atoms with Gasteiger partial charge in [-0.05, 0) is 47.0 Å². The van der Waals surface area contributed by atoms with Crippen molar-refractivity contribution >= 4 is 22.4 Å². The van der Waals surface area contributed by atoms with Crippen molar-refractivity contribution in [3.05, 3.63) is 76.4 Å². The zero-order valence-electron chi connectivity index (χ0n) is 17.9. The lowest BCUT2D eigenvalue weighted by molar-refractivity contribution is -0.684. The number of aromatic hydroxyl groups is 2. The van der Waals surface area contributed by atoms with Gasteiger partial charge in [0.25, 0.3) is 5.15 Å². The van der Waals surface area contributed by atoms with Crippen LogP contribution in [0.15, 0.2) is 54.6 Å². The summed E-state index contributed by atoms with van der Waals surface area (Å²) in [5, 5.41) is 22.7. The molecular weight excluding hydrogens is 426 g/mol. The maximum Gasteiger partial charge on any atom is 0.287 e. The lowest BCUT2D eigenvalue weighted by Crippen LogP contribution is -2.43. The maximum atomic E-state index is 10.3. The molecule has 0 saturated heterocycles. The van der Waals surface area contributed by atoms with Crippen LogP contribution in [0.5, 0.6) is 23.0 Å². The Morgan fingerprint density at radius 2 is 1.72 bits per heavy atom. The summed E-state index contributed by atoms with van der Waals surface area (Å²) in [6.45, 7) is 0.642. The Bertz CT molecular complexity index is 1350. The van der Waals surface area contributed by atoms with E-state index in [0.717, 1.165) is 38.7 Å². The predicted octanol–water partition coefficient (Wildman–Crippen LogP) is 5.02. The zero-order chi connectivity index (χ0) is 22.4. The third kappa shape index (κ3) is 3.12. The molecule has 6 heteroatoms. The van der Waals surface area contributed by atoms with Crippen LogP contribution in [-0.4, -0.2) is 24.4 Å². The van der Waals surface area contributed by atoms with Crippen LogP contribution in [-0.2, 0) is 19.4 Å². The molecule has 0 saturated carbocycles. The second-order valence-electron chi connectivity index (χ2n) is 7.90. The van der Waals surface area contributed by atoms with Crippen molar-refractivity contribution in [3.63, 3.8) is 0 Å². The quantitative estimate of drug-likeness (QED) is 0.261. The molecule has 0 unspecified atom stereocenters. The number of nitrogens with zero attached hydrogens (tertiary/aromatic N) is 1. The Balaban J connectivity index is 1.91. The molecule has 1 aliphatic heterocycles. The second-order valence-corrected chi connectivity index (χ2v) is 8.26. The molecule has 5 nitrogen and oxygen atoms in total. The van der Waals surface area contributed by atoms with Crippen molar-refractivity contribution in [2.75, 3.05) is 14.2 Å². The molecule has 0 aliphatic carbocycles. The first-order valence-electron chi connectivity index (χ1n) is 10.4. The molecule has 0 atom stereocenters. The molecule has 0 radical (unpaired) electrons. The van der Waals surface area contributed by atoms with Crippen molar-refractivity contribution in [3.8, 4) is 34.3 Å². The number of hydrogen-bond acceptors (Lipinski definition) is 4. The van der Waals surface area contributed by atoms with Crippen LogP contribution in [0.1, 0.15) is 16.7 Å². The number of benzene rings is 3. The van der Waals surface area contributed by atoms with Gasteiger partial charge in [-0.15, -0.1) is 0 Å². The maximum absolute atomic E-state index is 10.3. The minimum Gasteiger partial charge on any atom is -0.504 e. The first-order chi connectivity index (χ1) is 15.5. The third-order valence-electron chi connectivity index (χ3n) is 6.15. The van der Waals surface area contributed by atoms with Crippen LogP contribution in [0.3, 0.4) is 0 Å². The molecule has 32 heavy (non-hydrogen) atoms. The van der Waals surface area contributed by atoms with Crippen LogP contribution >= 0.6 is 11.6 Å². The molecule has 1 aromatic heterocycles. The minimum absolute atomic E-state index is 0.111. The Hall–Kier alpha value is -3.44. The van der Waals surface area contributed by atoms with Gasteiger partial charge in [0, 0.05) is 23.8 Å². The Morgan fingerprint density at radius 3 is 2.44 bits per heavy atom. The highest BCUT2D eigenvalue weighted by atomic mass is 35.5. The summed E-state index contributed by atoms with van der Waals surface area (Å²) in [5.41, 5.74) is 5.02. The van der Waals surface area contributed by atoms with E-state index in [2.05, 4.69) is 16.7 Å². The molecule has 1 aliphatic rings. The summed E-state index contributed by atoms with van der Waals surface area (Å²) in [6, 6.07) is 17.4. The average molecular weight is 449 g/mol. The minimum atomic E-state index is -0.147. The Labute approximate surface area is 191 Å². The summed E-state index contributed by atoms with van der Waals surface area (Å²) in [7, 11) is 3.23. The molecule has 0 spiro atoms. The second kappa shape index (κ2) is 7.92. The number of halogens is 1. The summed E-state index contributed by atoms with van der Waals surface area (Å²) >= 11 is 7.00. The van der Waals surface area contributed by atoms with Gasteiger partial charge in [0.15, 0.2) is 29.5 Å². The van der Waals surface area contributed by atoms with Gasteiger partial charge in [-0.25, -0.2) is 0 Å². The number of pyridine rings is 1. The van der Waals surface area contributed by atoms with Gasteiger partial charge in [-0.2, -0.15) is 4.57 Å². The van der Waals surface area contributed by atoms with Gasteiger partial charge < -0.3 is 19.7 Å². The topological polar surface area (TPSA) is 62.8 Å². The van der Waals surface area contributed by atoms with E-state index >= 15 is 0 Å². The molecule has 0 bridgehead atoms. The molecule has 0 amide bonds. The van der Waals surface area contributed by atoms with E-state index in [1.807, 2.05) is 30.3 Å². The van der Waals surface area contributed by atoms with Gasteiger partial charge in [0.05, 0.1) is 19.8 Å². The van der Waals surface area contributed by atoms with Crippen LogP contribution < -0.4 is 14.0 Å². The molecule has 5 rings (SSSR count). The number of phenols is 2. The summed E-state index contributed by atoms with van der Waals surface area (Å²) < 4.78 is 13.3. The van der Waals surface area contributed by atoms with Gasteiger partial charge in [-0.3, -0.25) is 0 Å². The molecule has 2 N–H and O–H groups in total. The van der Waals surface area contributed by atoms with E-state index in [1.54, 1.807) is 26.4 Å². The van der Waals surface area contributed by atoms with E-state index in [-0.39, 0.29) is 11.5 Å². The van der Waals surface area contributed by atoms with Crippen LogP contribution in [0.2, 0.25) is 5.15 Å². The molecule has 4 aromatic rings. The summed E-state index contributed by atoms with van der Waals surface area (Å²) in [5.74, 6) is 0.956. The number of methoxy groups -OCH3 is 2. The highest BCUT2D eigenvalue weighted by Gasteiger charge is 2.34. The van der Waals surface area contributed by atoms with Gasteiger partial charge in [0.2, 0.25) is 5.69 Å². The largest absolute Gasteiger partial charge is 0.504 e. The molecule has 162 valence electrons. The number of fused-ring (bicyclic) bond motifs is 4. The number of phenolic OH excluding ortho intramolecular Hbond substituents is 2. The first-order valence-corrected chi connectivity index (χ1v) is 10.8. The fraction of sp³-hybridized carbons (Fsp3) is 0.192. The van der Waals surface area contributed by atoms with Crippen molar-refractivity contribution in [2.24, 2.45) is 0 Å². The van der Waals surface area contributed by atoms with Crippen molar-refractivity contribution in [1.29, 1.82) is 0 Å². The number of aryl methyl sites for hydroxylation is 1. The lowest BCUT2D eigenvalue weighted by atomic mass is 9.88. The predicted molar refractivity (Wildman–Crippen MR) is 124 cm³/mol. The van der Waals surface area contributed by atoms with E-state index in [4.69, 9.17) is 21.1 Å². The number of ether oxygens (including phenoxy) is 2. The van der Waals surface area contributed by atoms with E-state index in [0.29, 0.717) is 36.0 Å². The van der Waals surface area contributed by atoms with Crippen LogP contribution in [0.4, 0.5) is 0 Å². The summed E-state index contributed by atoms with van der Waals surface area (Å²) in [6.07, 6.45) is 1.35. The molecule has 2 heterocycles. The number of rotatable bonds is 4. The normalized spacial score (nSPS) is 12.3. The van der Waals surface area contributed by atoms with Gasteiger partial charge in [0.1, 0.15) is 5.39 Å². The average Bonchev–Trinajstić information content (AvgIpc) is 2.81. The first kappa shape index (κ1) is 20.5.